The molecule has 1 saturated carbocycles. The second-order valence-corrected chi connectivity index (χ2v) is 7.29. The van der Waals surface area contributed by atoms with Gasteiger partial charge in [-0.15, -0.1) is 0 Å². The Labute approximate surface area is 155 Å². The van der Waals surface area contributed by atoms with Gasteiger partial charge >= 0.3 is 0 Å². The van der Waals surface area contributed by atoms with Crippen molar-refractivity contribution in [1.29, 1.82) is 0 Å². The zero-order valence-electron chi connectivity index (χ0n) is 14.9. The number of aromatic nitrogens is 6. The van der Waals surface area contributed by atoms with Gasteiger partial charge in [-0.2, -0.15) is 15.3 Å². The molecule has 0 atom stereocenters. The molecule has 0 aliphatic heterocycles. The van der Waals surface area contributed by atoms with Crippen LogP contribution in [0, 0.1) is 5.92 Å². The lowest BCUT2D eigenvalue weighted by molar-refractivity contribution is 0.0989. The molecule has 1 aromatic carbocycles. The van der Waals surface area contributed by atoms with Gasteiger partial charge in [0.2, 0.25) is 0 Å². The minimum absolute atomic E-state index is 0.000468. The highest BCUT2D eigenvalue weighted by molar-refractivity contribution is 6.07. The number of nitrogens with one attached hydrogen (secondary N) is 2. The lowest BCUT2D eigenvalue weighted by Crippen LogP contribution is -2.18. The van der Waals surface area contributed by atoms with E-state index in [0.29, 0.717) is 12.1 Å². The van der Waals surface area contributed by atoms with Crippen molar-refractivity contribution in [3.05, 3.63) is 54.2 Å². The normalized spacial score (nSPS) is 14.5. The van der Waals surface area contributed by atoms with E-state index < -0.39 is 0 Å². The molecule has 4 aromatic rings. The summed E-state index contributed by atoms with van der Waals surface area (Å²) in [5.41, 5.74) is 4.29. The standard InChI is InChI=1S/C20H20N6O/c27-19(6-14-8-23-26(12-14)11-13-2-1-3-13)20-17-5-4-15(7-18(17)24-25-20)16-9-21-22-10-16/h4-5,7-10,12-13H,1-3,6,11H2,(H,21,22)(H,24,25). The maximum Gasteiger partial charge on any atom is 0.188 e. The summed E-state index contributed by atoms with van der Waals surface area (Å²) in [6.45, 7) is 0.955. The molecule has 0 unspecified atom stereocenters. The van der Waals surface area contributed by atoms with Gasteiger partial charge in [0.25, 0.3) is 0 Å². The first-order valence-electron chi connectivity index (χ1n) is 9.28. The summed E-state index contributed by atoms with van der Waals surface area (Å²) in [7, 11) is 0. The summed E-state index contributed by atoms with van der Waals surface area (Å²) in [5, 5.41) is 19.3. The Bertz CT molecular complexity index is 1090. The fraction of sp³-hybridized carbons (Fsp3) is 0.300. The first-order valence-corrected chi connectivity index (χ1v) is 9.28. The van der Waals surface area contributed by atoms with E-state index in [1.807, 2.05) is 35.3 Å². The lowest BCUT2D eigenvalue weighted by Gasteiger charge is -2.24. The van der Waals surface area contributed by atoms with Crippen LogP contribution < -0.4 is 0 Å². The predicted molar refractivity (Wildman–Crippen MR) is 101 cm³/mol. The van der Waals surface area contributed by atoms with Crippen molar-refractivity contribution in [2.24, 2.45) is 5.92 Å². The molecular weight excluding hydrogens is 340 g/mol. The van der Waals surface area contributed by atoms with Crippen molar-refractivity contribution in [3.8, 4) is 11.1 Å². The van der Waals surface area contributed by atoms with Crippen LogP contribution in [-0.2, 0) is 13.0 Å². The van der Waals surface area contributed by atoms with Gasteiger partial charge in [0.15, 0.2) is 5.78 Å². The van der Waals surface area contributed by atoms with Crippen molar-refractivity contribution in [2.45, 2.75) is 32.2 Å². The van der Waals surface area contributed by atoms with Crippen LogP contribution in [0.1, 0.15) is 35.3 Å². The molecule has 7 heteroatoms. The number of ketones is 1. The number of hydrogen-bond acceptors (Lipinski definition) is 4. The minimum atomic E-state index is 0.000468. The Kier molecular flexibility index (Phi) is 3.85. The van der Waals surface area contributed by atoms with Gasteiger partial charge in [-0.05, 0) is 42.0 Å². The molecule has 1 aliphatic carbocycles. The third-order valence-electron chi connectivity index (χ3n) is 5.38. The molecule has 2 N–H and O–H groups in total. The second kappa shape index (κ2) is 6.50. The van der Waals surface area contributed by atoms with Crippen LogP contribution >= 0.6 is 0 Å². The number of H-pyrrole nitrogens is 2. The molecule has 0 amide bonds. The van der Waals surface area contributed by atoms with Crippen molar-refractivity contribution in [3.63, 3.8) is 0 Å². The van der Waals surface area contributed by atoms with Crippen LogP contribution in [-0.4, -0.2) is 36.0 Å². The number of carbonyl (C=O) groups is 1. The average Bonchev–Trinajstić information content (AvgIpc) is 3.37. The summed E-state index contributed by atoms with van der Waals surface area (Å²) in [5.74, 6) is 0.744. The van der Waals surface area contributed by atoms with Crippen molar-refractivity contribution >= 4 is 16.7 Å². The Morgan fingerprint density at radius 2 is 2.15 bits per heavy atom. The highest BCUT2D eigenvalue weighted by atomic mass is 16.1. The van der Waals surface area contributed by atoms with E-state index in [9.17, 15) is 4.79 Å². The third-order valence-corrected chi connectivity index (χ3v) is 5.38. The molecule has 1 aliphatic rings. The molecule has 0 spiro atoms. The Morgan fingerprint density at radius 1 is 1.22 bits per heavy atom. The van der Waals surface area contributed by atoms with E-state index in [0.717, 1.165) is 40.1 Å². The van der Waals surface area contributed by atoms with Crippen LogP contribution in [0.25, 0.3) is 22.0 Å². The second-order valence-electron chi connectivity index (χ2n) is 7.29. The van der Waals surface area contributed by atoms with Gasteiger partial charge in [-0.3, -0.25) is 19.7 Å². The zero-order chi connectivity index (χ0) is 18.2. The molecule has 136 valence electrons. The van der Waals surface area contributed by atoms with Gasteiger partial charge in [-0.1, -0.05) is 12.5 Å². The lowest BCUT2D eigenvalue weighted by atomic mass is 9.85. The number of rotatable bonds is 6. The molecule has 7 nitrogen and oxygen atoms in total. The van der Waals surface area contributed by atoms with Crippen LogP contribution in [0.2, 0.25) is 0 Å². The highest BCUT2D eigenvalue weighted by Gasteiger charge is 2.19. The van der Waals surface area contributed by atoms with E-state index in [4.69, 9.17) is 0 Å². The fourth-order valence-corrected chi connectivity index (χ4v) is 3.63. The maximum absolute atomic E-state index is 12.8. The summed E-state index contributed by atoms with van der Waals surface area (Å²) >= 11 is 0. The molecule has 3 heterocycles. The van der Waals surface area contributed by atoms with E-state index in [1.54, 1.807) is 12.4 Å². The topological polar surface area (TPSA) is 92.2 Å². The van der Waals surface area contributed by atoms with Gasteiger partial charge in [0.05, 0.1) is 17.9 Å². The van der Waals surface area contributed by atoms with Gasteiger partial charge in [0, 0.05) is 36.3 Å². The Balaban J connectivity index is 1.34. The minimum Gasteiger partial charge on any atom is -0.292 e. The van der Waals surface area contributed by atoms with Crippen LogP contribution in [0.15, 0.2) is 43.0 Å². The molecule has 1 fully saturated rings. The van der Waals surface area contributed by atoms with E-state index in [-0.39, 0.29) is 5.78 Å². The Hall–Kier alpha value is -3.22. The van der Waals surface area contributed by atoms with Gasteiger partial charge < -0.3 is 0 Å². The van der Waals surface area contributed by atoms with E-state index in [2.05, 4.69) is 25.5 Å². The van der Waals surface area contributed by atoms with Crippen molar-refractivity contribution < 1.29 is 4.79 Å². The molecule has 5 rings (SSSR count). The van der Waals surface area contributed by atoms with E-state index >= 15 is 0 Å². The monoisotopic (exact) mass is 360 g/mol. The number of aromatic amines is 2. The van der Waals surface area contributed by atoms with Gasteiger partial charge in [0.1, 0.15) is 5.69 Å². The smallest absolute Gasteiger partial charge is 0.188 e. The maximum atomic E-state index is 12.8. The largest absolute Gasteiger partial charge is 0.292 e. The number of benzene rings is 1. The predicted octanol–water partition coefficient (Wildman–Crippen LogP) is 3.38. The first kappa shape index (κ1) is 16.0. The summed E-state index contributed by atoms with van der Waals surface area (Å²) in [4.78, 5) is 12.8. The highest BCUT2D eigenvalue weighted by Crippen LogP contribution is 2.28. The van der Waals surface area contributed by atoms with Gasteiger partial charge in [-0.25, -0.2) is 0 Å². The summed E-state index contributed by atoms with van der Waals surface area (Å²) in [6, 6.07) is 5.91. The summed E-state index contributed by atoms with van der Waals surface area (Å²) in [6.07, 6.45) is 11.6. The number of hydrogen-bond donors (Lipinski definition) is 2. The van der Waals surface area contributed by atoms with Crippen molar-refractivity contribution in [1.82, 2.24) is 30.2 Å². The van der Waals surface area contributed by atoms with Crippen LogP contribution in [0.3, 0.4) is 0 Å². The molecule has 27 heavy (non-hydrogen) atoms. The van der Waals surface area contributed by atoms with Crippen molar-refractivity contribution in [2.75, 3.05) is 0 Å². The molecule has 3 aromatic heterocycles. The fourth-order valence-electron chi connectivity index (χ4n) is 3.63. The summed E-state index contributed by atoms with van der Waals surface area (Å²) < 4.78 is 1.96. The molecule has 0 saturated heterocycles. The first-order chi connectivity index (χ1) is 13.3. The number of fused-ring (bicyclic) bond motifs is 1. The number of nitrogens with zero attached hydrogens (tertiary/aromatic N) is 4. The quantitative estimate of drug-likeness (QED) is 0.516. The molecule has 0 bridgehead atoms. The zero-order valence-corrected chi connectivity index (χ0v) is 14.9. The Morgan fingerprint density at radius 3 is 2.93 bits per heavy atom. The average molecular weight is 360 g/mol. The molecule has 0 radical (unpaired) electrons. The number of Topliss-reactive ketones (excluding diaryl/α,β-unsaturated/α-hetero) is 1. The van der Waals surface area contributed by atoms with Crippen LogP contribution in [0.5, 0.6) is 0 Å². The van der Waals surface area contributed by atoms with E-state index in [1.165, 1.54) is 19.3 Å². The SMILES string of the molecule is O=C(Cc1cnn(CC2CCC2)c1)c1n[nH]c2cc(-c3cn[nH]c3)ccc12. The van der Waals surface area contributed by atoms with Crippen LogP contribution in [0.4, 0.5) is 0 Å². The third kappa shape index (κ3) is 3.05. The molecular formula is C20H20N6O. The number of carbonyl (C=O) groups excluding carboxylic acids is 1.